The van der Waals surface area contributed by atoms with E-state index in [4.69, 9.17) is 0 Å². The molecule has 2 atom stereocenters. The van der Waals surface area contributed by atoms with Gasteiger partial charge in [0.05, 0.1) is 10.9 Å². The number of rotatable bonds is 2. The molecule has 132 valence electrons. The molecule has 1 aromatic carbocycles. The first-order valence-corrected chi connectivity index (χ1v) is 9.89. The third kappa shape index (κ3) is 2.48. The number of amides is 1. The smallest absolute Gasteiger partial charge is 0.264 e. The second kappa shape index (κ2) is 6.06. The number of carbonyl (C=O) groups excluding carboxylic acids is 1. The summed E-state index contributed by atoms with van der Waals surface area (Å²) in [5.74, 6) is 2.08. The fourth-order valence-electron chi connectivity index (χ4n) is 4.25. The first-order valence-electron chi connectivity index (χ1n) is 9.07. The number of thiophene rings is 1. The van der Waals surface area contributed by atoms with Crippen LogP contribution in [0.2, 0.25) is 0 Å². The zero-order valence-corrected chi connectivity index (χ0v) is 15.4. The third-order valence-corrected chi connectivity index (χ3v) is 6.47. The number of aryl methyl sites for hydroxylation is 1. The maximum Gasteiger partial charge on any atom is 0.264 e. The van der Waals surface area contributed by atoms with Gasteiger partial charge in [-0.05, 0) is 31.9 Å². The van der Waals surface area contributed by atoms with Crippen LogP contribution in [0.4, 0.5) is 0 Å². The number of hydrogen-bond acceptors (Lipinski definition) is 4. The SMILES string of the molecule is Cc1ccc(C(=O)N2[C@@H]3CC[C@H]2Cc2nnc(-c4ccccc4)n2C3)s1. The Balaban J connectivity index is 1.50. The average molecular weight is 364 g/mol. The molecule has 0 saturated carbocycles. The molecule has 2 aromatic heterocycles. The molecular weight excluding hydrogens is 344 g/mol. The highest BCUT2D eigenvalue weighted by Crippen LogP contribution is 2.35. The minimum Gasteiger partial charge on any atom is -0.330 e. The van der Waals surface area contributed by atoms with E-state index in [9.17, 15) is 4.79 Å². The van der Waals surface area contributed by atoms with Crippen molar-refractivity contribution in [2.45, 2.75) is 44.8 Å². The molecule has 0 aliphatic carbocycles. The summed E-state index contributed by atoms with van der Waals surface area (Å²) in [5, 5.41) is 8.91. The van der Waals surface area contributed by atoms with Crippen LogP contribution in [0.25, 0.3) is 11.4 Å². The lowest BCUT2D eigenvalue weighted by molar-refractivity contribution is 0.0671. The lowest BCUT2D eigenvalue weighted by Crippen LogP contribution is -2.41. The van der Waals surface area contributed by atoms with Crippen LogP contribution in [0, 0.1) is 6.92 Å². The maximum absolute atomic E-state index is 13.1. The molecule has 0 N–H and O–H groups in total. The van der Waals surface area contributed by atoms with Crippen molar-refractivity contribution in [3.63, 3.8) is 0 Å². The van der Waals surface area contributed by atoms with Gasteiger partial charge in [0, 0.05) is 29.4 Å². The Bertz CT molecular complexity index is 961. The zero-order chi connectivity index (χ0) is 17.7. The molecule has 5 rings (SSSR count). The fourth-order valence-corrected chi connectivity index (χ4v) is 5.06. The van der Waals surface area contributed by atoms with Gasteiger partial charge in [0.1, 0.15) is 5.82 Å². The first-order chi connectivity index (χ1) is 12.7. The number of nitrogens with zero attached hydrogens (tertiary/aromatic N) is 4. The van der Waals surface area contributed by atoms with Gasteiger partial charge in [-0.3, -0.25) is 4.79 Å². The van der Waals surface area contributed by atoms with Crippen LogP contribution in [0.15, 0.2) is 42.5 Å². The summed E-state index contributed by atoms with van der Waals surface area (Å²) in [4.78, 5) is 17.3. The minimum atomic E-state index is 0.176. The van der Waals surface area contributed by atoms with Gasteiger partial charge in [-0.1, -0.05) is 30.3 Å². The van der Waals surface area contributed by atoms with Crippen LogP contribution in [-0.2, 0) is 13.0 Å². The highest BCUT2D eigenvalue weighted by Gasteiger charge is 2.41. The lowest BCUT2D eigenvalue weighted by Gasteiger charge is -2.27. The summed E-state index contributed by atoms with van der Waals surface area (Å²) in [7, 11) is 0. The predicted octanol–water partition coefficient (Wildman–Crippen LogP) is 3.54. The Hall–Kier alpha value is -2.47. The normalized spacial score (nSPS) is 21.5. The standard InChI is InChI=1S/C20H20N4OS/c1-13-7-10-17(26-13)20(25)24-15-8-9-16(24)12-23-18(11-15)21-22-19(23)14-5-3-2-4-6-14/h2-7,10,15-16H,8-9,11-12H2,1H3/t15-,16+/m0/s1. The molecule has 1 amide bonds. The molecule has 6 heteroatoms. The number of benzene rings is 1. The third-order valence-electron chi connectivity index (χ3n) is 5.48. The summed E-state index contributed by atoms with van der Waals surface area (Å²) >= 11 is 1.59. The first kappa shape index (κ1) is 15.8. The summed E-state index contributed by atoms with van der Waals surface area (Å²) in [6.07, 6.45) is 2.88. The Morgan fingerprint density at radius 2 is 1.88 bits per heavy atom. The topological polar surface area (TPSA) is 51.0 Å². The van der Waals surface area contributed by atoms with E-state index in [0.717, 1.165) is 47.9 Å². The Kier molecular flexibility index (Phi) is 3.67. The van der Waals surface area contributed by atoms with E-state index in [0.29, 0.717) is 0 Å². The molecule has 3 aromatic rings. The molecule has 2 aliphatic heterocycles. The van der Waals surface area contributed by atoms with E-state index in [-0.39, 0.29) is 18.0 Å². The predicted molar refractivity (Wildman–Crippen MR) is 101 cm³/mol. The van der Waals surface area contributed by atoms with Crippen molar-refractivity contribution in [1.82, 2.24) is 19.7 Å². The molecule has 0 radical (unpaired) electrons. The van der Waals surface area contributed by atoms with Gasteiger partial charge in [-0.15, -0.1) is 21.5 Å². The van der Waals surface area contributed by atoms with Gasteiger partial charge in [0.25, 0.3) is 5.91 Å². The highest BCUT2D eigenvalue weighted by molar-refractivity contribution is 7.13. The summed E-state index contributed by atoms with van der Waals surface area (Å²) in [5.41, 5.74) is 1.08. The van der Waals surface area contributed by atoms with Crippen molar-refractivity contribution in [1.29, 1.82) is 0 Å². The molecule has 0 unspecified atom stereocenters. The summed E-state index contributed by atoms with van der Waals surface area (Å²) in [6.45, 7) is 2.82. The molecule has 0 spiro atoms. The number of aromatic nitrogens is 3. The van der Waals surface area contributed by atoms with E-state index in [2.05, 4.69) is 31.8 Å². The monoisotopic (exact) mass is 364 g/mol. The maximum atomic E-state index is 13.1. The second-order valence-electron chi connectivity index (χ2n) is 7.13. The van der Waals surface area contributed by atoms with Gasteiger partial charge in [0.15, 0.2) is 5.82 Å². The van der Waals surface area contributed by atoms with Crippen molar-refractivity contribution < 1.29 is 4.79 Å². The molecule has 5 nitrogen and oxygen atoms in total. The van der Waals surface area contributed by atoms with E-state index in [1.54, 1.807) is 11.3 Å². The van der Waals surface area contributed by atoms with Crippen molar-refractivity contribution >= 4 is 17.2 Å². The number of fused-ring (bicyclic) bond motifs is 3. The minimum absolute atomic E-state index is 0.176. The van der Waals surface area contributed by atoms with E-state index >= 15 is 0 Å². The lowest BCUT2D eigenvalue weighted by atomic mass is 10.1. The van der Waals surface area contributed by atoms with Crippen LogP contribution in [0.1, 0.15) is 33.2 Å². The largest absolute Gasteiger partial charge is 0.330 e. The van der Waals surface area contributed by atoms with Crippen molar-refractivity contribution in [3.05, 3.63) is 58.0 Å². The Morgan fingerprint density at radius 1 is 1.08 bits per heavy atom. The molecule has 2 aliphatic rings. The van der Waals surface area contributed by atoms with Gasteiger partial charge in [-0.25, -0.2) is 0 Å². The van der Waals surface area contributed by atoms with E-state index in [1.807, 2.05) is 37.3 Å². The van der Waals surface area contributed by atoms with Gasteiger partial charge >= 0.3 is 0 Å². The quantitative estimate of drug-likeness (QED) is 0.699. The van der Waals surface area contributed by atoms with Crippen molar-refractivity contribution in [2.75, 3.05) is 0 Å². The number of hydrogen-bond donors (Lipinski definition) is 0. The fraction of sp³-hybridized carbons (Fsp3) is 0.350. The average Bonchev–Trinajstić information content (AvgIpc) is 3.33. The van der Waals surface area contributed by atoms with Crippen LogP contribution >= 0.6 is 11.3 Å². The van der Waals surface area contributed by atoms with E-state index < -0.39 is 0 Å². The van der Waals surface area contributed by atoms with Crippen molar-refractivity contribution in [2.24, 2.45) is 0 Å². The van der Waals surface area contributed by atoms with Crippen LogP contribution < -0.4 is 0 Å². The molecular formula is C20H20N4OS. The Morgan fingerprint density at radius 3 is 2.65 bits per heavy atom. The summed E-state index contributed by atoms with van der Waals surface area (Å²) in [6, 6.07) is 14.6. The summed E-state index contributed by atoms with van der Waals surface area (Å²) < 4.78 is 2.22. The number of carbonyl (C=O) groups is 1. The van der Waals surface area contributed by atoms with Gasteiger partial charge in [0.2, 0.25) is 0 Å². The van der Waals surface area contributed by atoms with E-state index in [1.165, 1.54) is 4.88 Å². The molecule has 1 fully saturated rings. The molecule has 26 heavy (non-hydrogen) atoms. The second-order valence-corrected chi connectivity index (χ2v) is 8.42. The zero-order valence-electron chi connectivity index (χ0n) is 14.6. The molecule has 2 bridgehead atoms. The molecule has 1 saturated heterocycles. The van der Waals surface area contributed by atoms with Crippen LogP contribution in [0.3, 0.4) is 0 Å². The molecule has 4 heterocycles. The highest BCUT2D eigenvalue weighted by atomic mass is 32.1. The van der Waals surface area contributed by atoms with Crippen LogP contribution in [-0.4, -0.2) is 37.7 Å². The van der Waals surface area contributed by atoms with Gasteiger partial charge in [-0.2, -0.15) is 0 Å². The van der Waals surface area contributed by atoms with Gasteiger partial charge < -0.3 is 9.47 Å². The Labute approximate surface area is 156 Å². The van der Waals surface area contributed by atoms with Crippen molar-refractivity contribution in [3.8, 4) is 11.4 Å². The van der Waals surface area contributed by atoms with Crippen LogP contribution in [0.5, 0.6) is 0 Å².